The lowest BCUT2D eigenvalue weighted by Gasteiger charge is -2.12. The van der Waals surface area contributed by atoms with Gasteiger partial charge in [0.1, 0.15) is 28.1 Å². The van der Waals surface area contributed by atoms with Gasteiger partial charge in [-0.15, -0.1) is 0 Å². The van der Waals surface area contributed by atoms with Crippen LogP contribution in [0.1, 0.15) is 13.8 Å². The standard InChI is InChI=1S/C17H13ClO5/c1-8(19)9(2)22-11-6-13(20)16-15(7-11)23-14-4-3-10(18)5-12(14)17(16)21/h3-7,9,20H,1-2H3/t9-/m0/s1. The van der Waals surface area contributed by atoms with E-state index in [0.29, 0.717) is 10.6 Å². The number of aromatic hydroxyl groups is 1. The van der Waals surface area contributed by atoms with Gasteiger partial charge in [0.2, 0.25) is 5.43 Å². The lowest BCUT2D eigenvalue weighted by molar-refractivity contribution is -0.122. The molecule has 0 amide bonds. The fourth-order valence-corrected chi connectivity index (χ4v) is 2.43. The number of phenols is 1. The molecular weight excluding hydrogens is 320 g/mol. The van der Waals surface area contributed by atoms with E-state index in [1.807, 2.05) is 0 Å². The van der Waals surface area contributed by atoms with Crippen molar-refractivity contribution in [2.75, 3.05) is 0 Å². The molecule has 0 aliphatic rings. The smallest absolute Gasteiger partial charge is 0.204 e. The molecule has 0 aliphatic heterocycles. The fraction of sp³-hybridized carbons (Fsp3) is 0.176. The number of ketones is 1. The second kappa shape index (κ2) is 5.59. The Labute approximate surface area is 136 Å². The van der Waals surface area contributed by atoms with Crippen molar-refractivity contribution in [3.8, 4) is 11.5 Å². The molecule has 0 bridgehead atoms. The lowest BCUT2D eigenvalue weighted by atomic mass is 10.1. The summed E-state index contributed by atoms with van der Waals surface area (Å²) in [6.07, 6.45) is -0.669. The molecule has 5 nitrogen and oxygen atoms in total. The van der Waals surface area contributed by atoms with Crippen molar-refractivity contribution in [2.24, 2.45) is 0 Å². The fourth-order valence-electron chi connectivity index (χ4n) is 2.26. The van der Waals surface area contributed by atoms with Gasteiger partial charge in [-0.1, -0.05) is 11.6 Å². The van der Waals surface area contributed by atoms with Gasteiger partial charge >= 0.3 is 0 Å². The Morgan fingerprint density at radius 1 is 1.26 bits per heavy atom. The SMILES string of the molecule is CC(=O)[C@H](C)Oc1cc(O)c2c(=O)c3cc(Cl)ccc3oc2c1. The van der Waals surface area contributed by atoms with E-state index >= 15 is 0 Å². The van der Waals surface area contributed by atoms with Gasteiger partial charge in [0.15, 0.2) is 11.9 Å². The summed E-state index contributed by atoms with van der Waals surface area (Å²) >= 11 is 5.90. The van der Waals surface area contributed by atoms with Crippen molar-refractivity contribution in [1.82, 2.24) is 0 Å². The van der Waals surface area contributed by atoms with E-state index < -0.39 is 6.10 Å². The number of benzene rings is 2. The largest absolute Gasteiger partial charge is 0.507 e. The minimum atomic E-state index is -0.669. The Hall–Kier alpha value is -2.53. The summed E-state index contributed by atoms with van der Waals surface area (Å²) in [6.45, 7) is 3.01. The number of carbonyl (C=O) groups excluding carboxylic acids is 1. The van der Waals surface area contributed by atoms with Crippen molar-refractivity contribution in [1.29, 1.82) is 0 Å². The van der Waals surface area contributed by atoms with E-state index in [1.165, 1.54) is 25.1 Å². The molecule has 0 saturated carbocycles. The first-order valence-corrected chi connectivity index (χ1v) is 7.31. The van der Waals surface area contributed by atoms with Crippen LogP contribution in [-0.4, -0.2) is 17.0 Å². The molecule has 1 aromatic heterocycles. The molecule has 0 saturated heterocycles. The highest BCUT2D eigenvalue weighted by atomic mass is 35.5. The summed E-state index contributed by atoms with van der Waals surface area (Å²) in [4.78, 5) is 23.8. The van der Waals surface area contributed by atoms with Crippen LogP contribution in [0.15, 0.2) is 39.5 Å². The topological polar surface area (TPSA) is 76.7 Å². The van der Waals surface area contributed by atoms with Crippen LogP contribution in [0.5, 0.6) is 11.5 Å². The maximum absolute atomic E-state index is 12.5. The molecule has 118 valence electrons. The van der Waals surface area contributed by atoms with Gasteiger partial charge in [0, 0.05) is 17.2 Å². The molecule has 0 spiro atoms. The van der Waals surface area contributed by atoms with E-state index in [-0.39, 0.29) is 39.1 Å². The third-order valence-corrected chi connectivity index (χ3v) is 3.81. The van der Waals surface area contributed by atoms with Gasteiger partial charge < -0.3 is 14.3 Å². The van der Waals surface area contributed by atoms with E-state index in [0.717, 1.165) is 0 Å². The Morgan fingerprint density at radius 3 is 2.70 bits per heavy atom. The first kappa shape index (κ1) is 15.4. The zero-order valence-electron chi connectivity index (χ0n) is 12.4. The van der Waals surface area contributed by atoms with E-state index in [4.69, 9.17) is 20.8 Å². The molecule has 1 N–H and O–H groups in total. The van der Waals surface area contributed by atoms with E-state index in [2.05, 4.69) is 0 Å². The number of hydrogen-bond acceptors (Lipinski definition) is 5. The predicted octanol–water partition coefficient (Wildman–Crippen LogP) is 3.66. The summed E-state index contributed by atoms with van der Waals surface area (Å²) in [6, 6.07) is 7.45. The number of ether oxygens (including phenoxy) is 1. The molecule has 0 radical (unpaired) electrons. The van der Waals surface area contributed by atoms with Crippen LogP contribution in [0, 0.1) is 0 Å². The molecule has 6 heteroatoms. The normalized spacial score (nSPS) is 12.5. The van der Waals surface area contributed by atoms with Crippen LogP contribution in [-0.2, 0) is 4.79 Å². The van der Waals surface area contributed by atoms with Gasteiger partial charge in [-0.25, -0.2) is 0 Å². The van der Waals surface area contributed by atoms with Gasteiger partial charge in [-0.3, -0.25) is 9.59 Å². The Balaban J connectivity index is 2.25. The number of hydrogen-bond donors (Lipinski definition) is 1. The van der Waals surface area contributed by atoms with E-state index in [9.17, 15) is 14.7 Å². The second-order valence-corrected chi connectivity index (χ2v) is 5.69. The van der Waals surface area contributed by atoms with Crippen LogP contribution >= 0.6 is 11.6 Å². The van der Waals surface area contributed by atoms with Crippen LogP contribution in [0.2, 0.25) is 5.02 Å². The van der Waals surface area contributed by atoms with Crippen LogP contribution in [0.4, 0.5) is 0 Å². The maximum Gasteiger partial charge on any atom is 0.204 e. The molecule has 23 heavy (non-hydrogen) atoms. The van der Waals surface area contributed by atoms with Crippen molar-refractivity contribution in [3.63, 3.8) is 0 Å². The third kappa shape index (κ3) is 2.75. The molecule has 3 aromatic rings. The monoisotopic (exact) mass is 332 g/mol. The lowest BCUT2D eigenvalue weighted by Crippen LogP contribution is -2.20. The number of fused-ring (bicyclic) bond motifs is 2. The molecule has 0 aliphatic carbocycles. The van der Waals surface area contributed by atoms with Crippen LogP contribution in [0.3, 0.4) is 0 Å². The summed E-state index contributed by atoms with van der Waals surface area (Å²) in [5, 5.41) is 10.9. The Morgan fingerprint density at radius 2 is 2.00 bits per heavy atom. The summed E-state index contributed by atoms with van der Waals surface area (Å²) in [7, 11) is 0. The van der Waals surface area contributed by atoms with Gasteiger partial charge in [-0.05, 0) is 32.0 Å². The predicted molar refractivity (Wildman–Crippen MR) is 87.4 cm³/mol. The highest BCUT2D eigenvalue weighted by molar-refractivity contribution is 6.31. The number of rotatable bonds is 3. The molecule has 1 heterocycles. The highest BCUT2D eigenvalue weighted by Gasteiger charge is 2.16. The molecule has 0 fully saturated rings. The molecule has 0 unspecified atom stereocenters. The zero-order valence-corrected chi connectivity index (χ0v) is 13.2. The molecule has 3 rings (SSSR count). The highest BCUT2D eigenvalue weighted by Crippen LogP contribution is 2.31. The maximum atomic E-state index is 12.5. The van der Waals surface area contributed by atoms with Crippen LogP contribution < -0.4 is 10.2 Å². The average molecular weight is 333 g/mol. The third-order valence-electron chi connectivity index (χ3n) is 3.57. The van der Waals surface area contributed by atoms with Crippen molar-refractivity contribution < 1.29 is 19.1 Å². The summed E-state index contributed by atoms with van der Waals surface area (Å²) in [5.41, 5.74) is 0.144. The van der Waals surface area contributed by atoms with Gasteiger partial charge in [0.05, 0.1) is 5.39 Å². The van der Waals surface area contributed by atoms with Gasteiger partial charge in [-0.2, -0.15) is 0 Å². The summed E-state index contributed by atoms with van der Waals surface area (Å²) in [5.74, 6) is -0.183. The Kier molecular flexibility index (Phi) is 3.74. The quantitative estimate of drug-likeness (QED) is 0.741. The van der Waals surface area contributed by atoms with Crippen LogP contribution in [0.25, 0.3) is 21.9 Å². The minimum absolute atomic E-state index is 0.0441. The first-order valence-electron chi connectivity index (χ1n) is 6.93. The van der Waals surface area contributed by atoms with Crippen molar-refractivity contribution >= 4 is 39.3 Å². The number of carbonyl (C=O) groups is 1. The Bertz CT molecular complexity index is 990. The number of phenolic OH excluding ortho intramolecular Hbond substituents is 1. The van der Waals surface area contributed by atoms with Gasteiger partial charge in [0.25, 0.3) is 0 Å². The molecule has 1 atom stereocenters. The second-order valence-electron chi connectivity index (χ2n) is 5.26. The van der Waals surface area contributed by atoms with Crippen molar-refractivity contribution in [2.45, 2.75) is 20.0 Å². The van der Waals surface area contributed by atoms with Crippen molar-refractivity contribution in [3.05, 3.63) is 45.6 Å². The average Bonchev–Trinajstić information content (AvgIpc) is 2.47. The van der Waals surface area contributed by atoms with E-state index in [1.54, 1.807) is 19.1 Å². The first-order chi connectivity index (χ1) is 10.9. The zero-order chi connectivity index (χ0) is 16.7. The summed E-state index contributed by atoms with van der Waals surface area (Å²) < 4.78 is 11.1. The number of halogens is 1. The number of Topliss-reactive ketones (excluding diaryl/α,β-unsaturated/α-hetero) is 1. The molecular formula is C17H13ClO5. The molecule has 2 aromatic carbocycles. The minimum Gasteiger partial charge on any atom is -0.507 e.